The highest BCUT2D eigenvalue weighted by Crippen LogP contribution is 2.20. The Morgan fingerprint density at radius 3 is 2.73 bits per heavy atom. The maximum atomic E-state index is 12.9. The molecule has 0 aliphatic carbocycles. The molecule has 3 heteroatoms. The van der Waals surface area contributed by atoms with Crippen molar-refractivity contribution in [3.8, 4) is 0 Å². The third-order valence-corrected chi connectivity index (χ3v) is 2.55. The van der Waals surface area contributed by atoms with E-state index in [1.54, 1.807) is 12.3 Å². The summed E-state index contributed by atoms with van der Waals surface area (Å²) in [4.78, 5) is 3.86. The molecule has 0 radical (unpaired) electrons. The van der Waals surface area contributed by atoms with Gasteiger partial charge in [0.05, 0.1) is 6.20 Å². The summed E-state index contributed by atoms with van der Waals surface area (Å²) in [6.45, 7) is 7.30. The van der Waals surface area contributed by atoms with Crippen molar-refractivity contribution < 1.29 is 4.39 Å². The molecule has 0 aliphatic heterocycles. The average Bonchev–Trinajstić information content (AvgIpc) is 2.18. The lowest BCUT2D eigenvalue weighted by atomic mass is 9.96. The van der Waals surface area contributed by atoms with E-state index in [9.17, 15) is 4.39 Å². The topological polar surface area (TPSA) is 24.9 Å². The number of nitrogens with zero attached hydrogens (tertiary/aromatic N) is 1. The zero-order valence-corrected chi connectivity index (χ0v) is 9.63. The molecule has 0 saturated carbocycles. The van der Waals surface area contributed by atoms with Gasteiger partial charge in [-0.2, -0.15) is 0 Å². The van der Waals surface area contributed by atoms with Crippen LogP contribution in [-0.2, 0) is 0 Å². The van der Waals surface area contributed by atoms with E-state index in [2.05, 4.69) is 31.1 Å². The van der Waals surface area contributed by atoms with Gasteiger partial charge in [0.1, 0.15) is 5.82 Å². The second kappa shape index (κ2) is 5.81. The molecule has 1 aromatic rings. The van der Waals surface area contributed by atoms with Gasteiger partial charge in [-0.25, -0.2) is 4.39 Å². The number of nitrogens with one attached hydrogen (secondary N) is 1. The lowest BCUT2D eigenvalue weighted by Gasteiger charge is -2.17. The zero-order chi connectivity index (χ0) is 11.3. The number of rotatable bonds is 5. The monoisotopic (exact) mass is 210 g/mol. The Morgan fingerprint density at radius 2 is 2.13 bits per heavy atom. The molecule has 1 rings (SSSR count). The first-order valence-electron chi connectivity index (χ1n) is 5.47. The maximum Gasteiger partial charge on any atom is 0.141 e. The van der Waals surface area contributed by atoms with Crippen molar-refractivity contribution >= 4 is 0 Å². The zero-order valence-electron chi connectivity index (χ0n) is 9.63. The fourth-order valence-electron chi connectivity index (χ4n) is 1.80. The summed E-state index contributed by atoms with van der Waals surface area (Å²) in [6, 6.07) is 2.02. The van der Waals surface area contributed by atoms with E-state index >= 15 is 0 Å². The van der Waals surface area contributed by atoms with Gasteiger partial charge in [-0.05, 0) is 37.4 Å². The van der Waals surface area contributed by atoms with Crippen LogP contribution in [0.2, 0.25) is 0 Å². The number of hydrogen-bond acceptors (Lipinski definition) is 2. The standard InChI is InChI=1S/C12H19FN2/c1-4-15-10(3)5-9(2)11-6-12(13)8-14-7-11/h6-10,15H,4-5H2,1-3H3. The Labute approximate surface area is 90.9 Å². The van der Waals surface area contributed by atoms with Crippen LogP contribution in [-0.4, -0.2) is 17.6 Å². The normalized spacial score (nSPS) is 14.9. The first kappa shape index (κ1) is 12.1. The number of hydrogen-bond donors (Lipinski definition) is 1. The molecule has 1 heterocycles. The Hall–Kier alpha value is -0.960. The van der Waals surface area contributed by atoms with E-state index < -0.39 is 0 Å². The van der Waals surface area contributed by atoms with Crippen LogP contribution in [0.5, 0.6) is 0 Å². The van der Waals surface area contributed by atoms with Crippen LogP contribution in [0.4, 0.5) is 4.39 Å². The predicted octanol–water partition coefficient (Wildman–Crippen LogP) is 2.71. The molecular weight excluding hydrogens is 191 g/mol. The summed E-state index contributed by atoms with van der Waals surface area (Å²) in [6.07, 6.45) is 3.98. The van der Waals surface area contributed by atoms with Crippen LogP contribution in [0.25, 0.3) is 0 Å². The summed E-state index contributed by atoms with van der Waals surface area (Å²) in [5, 5.41) is 3.35. The molecule has 2 nitrogen and oxygen atoms in total. The predicted molar refractivity (Wildman–Crippen MR) is 60.4 cm³/mol. The molecule has 15 heavy (non-hydrogen) atoms. The highest BCUT2D eigenvalue weighted by Gasteiger charge is 2.10. The minimum Gasteiger partial charge on any atom is -0.315 e. The van der Waals surface area contributed by atoms with E-state index in [4.69, 9.17) is 0 Å². The summed E-state index contributed by atoms with van der Waals surface area (Å²) in [5.74, 6) is 0.0812. The van der Waals surface area contributed by atoms with Gasteiger partial charge in [-0.15, -0.1) is 0 Å². The van der Waals surface area contributed by atoms with Crippen LogP contribution in [0.3, 0.4) is 0 Å². The van der Waals surface area contributed by atoms with Crippen LogP contribution < -0.4 is 5.32 Å². The Kier molecular flexibility index (Phi) is 4.69. The first-order chi connectivity index (χ1) is 7.13. The van der Waals surface area contributed by atoms with Crippen molar-refractivity contribution in [3.63, 3.8) is 0 Å². The van der Waals surface area contributed by atoms with Gasteiger partial charge in [0.2, 0.25) is 0 Å². The highest BCUT2D eigenvalue weighted by molar-refractivity contribution is 5.15. The summed E-state index contributed by atoms with van der Waals surface area (Å²) >= 11 is 0. The molecule has 0 saturated heterocycles. The van der Waals surface area contributed by atoms with E-state index in [1.165, 1.54) is 6.20 Å². The molecular formula is C12H19FN2. The van der Waals surface area contributed by atoms with E-state index in [0.717, 1.165) is 18.5 Å². The van der Waals surface area contributed by atoms with Crippen molar-refractivity contribution in [2.24, 2.45) is 0 Å². The molecule has 1 N–H and O–H groups in total. The van der Waals surface area contributed by atoms with Gasteiger partial charge in [0.15, 0.2) is 0 Å². The Bertz CT molecular complexity index is 301. The molecule has 0 aliphatic rings. The van der Waals surface area contributed by atoms with Crippen LogP contribution >= 0.6 is 0 Å². The summed E-state index contributed by atoms with van der Waals surface area (Å²) in [7, 11) is 0. The van der Waals surface area contributed by atoms with Crippen molar-refractivity contribution in [1.82, 2.24) is 10.3 Å². The lowest BCUT2D eigenvalue weighted by Crippen LogP contribution is -2.26. The van der Waals surface area contributed by atoms with Gasteiger partial charge in [-0.1, -0.05) is 13.8 Å². The van der Waals surface area contributed by atoms with Crippen LogP contribution in [0.1, 0.15) is 38.7 Å². The summed E-state index contributed by atoms with van der Waals surface area (Å²) < 4.78 is 12.9. The second-order valence-corrected chi connectivity index (χ2v) is 4.03. The maximum absolute atomic E-state index is 12.9. The van der Waals surface area contributed by atoms with E-state index in [1.807, 2.05) is 0 Å². The SMILES string of the molecule is CCNC(C)CC(C)c1cncc(F)c1. The number of halogens is 1. The van der Waals surface area contributed by atoms with Gasteiger partial charge >= 0.3 is 0 Å². The van der Waals surface area contributed by atoms with Gasteiger partial charge in [-0.3, -0.25) is 4.98 Å². The molecule has 0 bridgehead atoms. The fourth-order valence-corrected chi connectivity index (χ4v) is 1.80. The Balaban J connectivity index is 2.56. The van der Waals surface area contributed by atoms with E-state index in [0.29, 0.717) is 12.0 Å². The molecule has 2 unspecified atom stereocenters. The van der Waals surface area contributed by atoms with Crippen molar-refractivity contribution in [1.29, 1.82) is 0 Å². The minimum absolute atomic E-state index is 0.254. The second-order valence-electron chi connectivity index (χ2n) is 4.03. The molecule has 0 fully saturated rings. The number of aromatic nitrogens is 1. The molecule has 0 spiro atoms. The van der Waals surface area contributed by atoms with Crippen molar-refractivity contribution in [3.05, 3.63) is 29.8 Å². The lowest BCUT2D eigenvalue weighted by molar-refractivity contribution is 0.488. The molecule has 0 aromatic carbocycles. The van der Waals surface area contributed by atoms with Crippen LogP contribution in [0.15, 0.2) is 18.5 Å². The van der Waals surface area contributed by atoms with Crippen molar-refractivity contribution in [2.75, 3.05) is 6.54 Å². The van der Waals surface area contributed by atoms with Gasteiger partial charge in [0, 0.05) is 12.2 Å². The average molecular weight is 210 g/mol. The molecule has 1 aromatic heterocycles. The highest BCUT2D eigenvalue weighted by atomic mass is 19.1. The molecule has 2 atom stereocenters. The third kappa shape index (κ3) is 3.96. The van der Waals surface area contributed by atoms with Gasteiger partial charge < -0.3 is 5.32 Å². The van der Waals surface area contributed by atoms with Gasteiger partial charge in [0.25, 0.3) is 0 Å². The van der Waals surface area contributed by atoms with E-state index in [-0.39, 0.29) is 5.82 Å². The molecule has 0 amide bonds. The summed E-state index contributed by atoms with van der Waals surface area (Å²) in [5.41, 5.74) is 0.972. The number of pyridine rings is 1. The fraction of sp³-hybridized carbons (Fsp3) is 0.583. The quantitative estimate of drug-likeness (QED) is 0.808. The smallest absolute Gasteiger partial charge is 0.141 e. The third-order valence-electron chi connectivity index (χ3n) is 2.55. The Morgan fingerprint density at radius 1 is 1.40 bits per heavy atom. The molecule has 84 valence electrons. The van der Waals surface area contributed by atoms with Crippen LogP contribution in [0, 0.1) is 5.82 Å². The largest absolute Gasteiger partial charge is 0.315 e. The first-order valence-corrected chi connectivity index (χ1v) is 5.47. The van der Waals surface area contributed by atoms with Crippen molar-refractivity contribution in [2.45, 2.75) is 39.2 Å². The minimum atomic E-state index is -0.254.